The second-order valence-corrected chi connectivity index (χ2v) is 5.09. The zero-order valence-electron chi connectivity index (χ0n) is 10.6. The first-order valence-corrected chi connectivity index (χ1v) is 6.33. The van der Waals surface area contributed by atoms with Crippen molar-refractivity contribution in [3.63, 3.8) is 0 Å². The van der Waals surface area contributed by atoms with Crippen LogP contribution in [0, 0.1) is 0 Å². The van der Waals surface area contributed by atoms with E-state index in [2.05, 4.69) is 17.3 Å². The lowest BCUT2D eigenvalue weighted by atomic mass is 10.0. The third kappa shape index (κ3) is 2.66. The van der Waals surface area contributed by atoms with E-state index in [-0.39, 0.29) is 17.9 Å². The summed E-state index contributed by atoms with van der Waals surface area (Å²) in [6.07, 6.45) is 4.00. The van der Waals surface area contributed by atoms with Crippen LogP contribution in [0.4, 0.5) is 0 Å². The van der Waals surface area contributed by atoms with E-state index in [1.54, 1.807) is 7.05 Å². The Morgan fingerprint density at radius 2 is 2.06 bits per heavy atom. The molecule has 1 N–H and O–H groups in total. The summed E-state index contributed by atoms with van der Waals surface area (Å²) in [7, 11) is 3.68. The quantitative estimate of drug-likeness (QED) is 0.694. The first-order chi connectivity index (χ1) is 8.09. The number of amides is 2. The standard InChI is InChI=1S/C12H21N3O2/c1-14-6-4-3-5-9(14)8-13-10-7-11(16)15(2)12(10)17/h9-10,13H,3-8H2,1-2H3. The number of hydrogen-bond acceptors (Lipinski definition) is 4. The van der Waals surface area contributed by atoms with Crippen LogP contribution in [0.3, 0.4) is 0 Å². The molecule has 5 nitrogen and oxygen atoms in total. The summed E-state index contributed by atoms with van der Waals surface area (Å²) >= 11 is 0. The van der Waals surface area contributed by atoms with Crippen LogP contribution in [0.15, 0.2) is 0 Å². The SMILES string of the molecule is CN1C(=O)CC(NCC2CCCCN2C)C1=O. The van der Waals surface area contributed by atoms with Crippen molar-refractivity contribution in [3.8, 4) is 0 Å². The van der Waals surface area contributed by atoms with Crippen LogP contribution in [0.25, 0.3) is 0 Å². The maximum atomic E-state index is 11.7. The minimum Gasteiger partial charge on any atom is -0.304 e. The van der Waals surface area contributed by atoms with E-state index in [1.807, 2.05) is 0 Å². The molecule has 2 rings (SSSR count). The van der Waals surface area contributed by atoms with Gasteiger partial charge >= 0.3 is 0 Å². The fourth-order valence-corrected chi connectivity index (χ4v) is 2.60. The van der Waals surface area contributed by atoms with Crippen molar-refractivity contribution in [1.82, 2.24) is 15.1 Å². The van der Waals surface area contributed by atoms with Crippen LogP contribution in [-0.4, -0.2) is 60.9 Å². The first-order valence-electron chi connectivity index (χ1n) is 6.33. The largest absolute Gasteiger partial charge is 0.304 e. The molecule has 2 saturated heterocycles. The number of likely N-dealkylation sites (N-methyl/N-ethyl adjacent to an activating group) is 2. The Morgan fingerprint density at radius 1 is 1.29 bits per heavy atom. The molecule has 2 amide bonds. The third-order valence-electron chi connectivity index (χ3n) is 3.90. The lowest BCUT2D eigenvalue weighted by Crippen LogP contribution is -2.47. The highest BCUT2D eigenvalue weighted by Gasteiger charge is 2.36. The van der Waals surface area contributed by atoms with Gasteiger partial charge in [0.2, 0.25) is 11.8 Å². The zero-order valence-corrected chi connectivity index (χ0v) is 10.6. The van der Waals surface area contributed by atoms with Gasteiger partial charge in [-0.05, 0) is 26.4 Å². The Hall–Kier alpha value is -0.940. The Morgan fingerprint density at radius 3 is 2.65 bits per heavy atom. The highest BCUT2D eigenvalue weighted by molar-refractivity contribution is 6.05. The van der Waals surface area contributed by atoms with Gasteiger partial charge in [0.1, 0.15) is 0 Å². The molecular weight excluding hydrogens is 218 g/mol. The zero-order chi connectivity index (χ0) is 12.4. The Balaban J connectivity index is 1.82. The molecule has 0 bridgehead atoms. The monoisotopic (exact) mass is 239 g/mol. The molecule has 0 saturated carbocycles. The van der Waals surface area contributed by atoms with Crippen LogP contribution >= 0.6 is 0 Å². The minimum absolute atomic E-state index is 0.0792. The first kappa shape index (κ1) is 12.5. The van der Waals surface area contributed by atoms with Crippen molar-refractivity contribution in [2.75, 3.05) is 27.2 Å². The summed E-state index contributed by atoms with van der Waals surface area (Å²) in [5.74, 6) is -0.169. The average Bonchev–Trinajstić information content (AvgIpc) is 2.56. The summed E-state index contributed by atoms with van der Waals surface area (Å²) in [4.78, 5) is 26.6. The van der Waals surface area contributed by atoms with Crippen LogP contribution in [0.5, 0.6) is 0 Å². The topological polar surface area (TPSA) is 52.7 Å². The molecule has 0 aromatic rings. The van der Waals surface area contributed by atoms with Gasteiger partial charge in [0, 0.05) is 19.6 Å². The summed E-state index contributed by atoms with van der Waals surface area (Å²) in [5.41, 5.74) is 0. The molecule has 2 aliphatic heterocycles. The number of piperidine rings is 1. The van der Waals surface area contributed by atoms with Gasteiger partial charge in [-0.3, -0.25) is 14.5 Å². The fraction of sp³-hybridized carbons (Fsp3) is 0.833. The molecule has 2 atom stereocenters. The lowest BCUT2D eigenvalue weighted by Gasteiger charge is -2.33. The minimum atomic E-state index is -0.303. The molecular formula is C12H21N3O2. The van der Waals surface area contributed by atoms with E-state index in [9.17, 15) is 9.59 Å². The van der Waals surface area contributed by atoms with E-state index in [0.717, 1.165) is 13.1 Å². The van der Waals surface area contributed by atoms with Gasteiger partial charge in [0.15, 0.2) is 0 Å². The fourth-order valence-electron chi connectivity index (χ4n) is 2.60. The van der Waals surface area contributed by atoms with Crippen molar-refractivity contribution in [2.24, 2.45) is 0 Å². The number of carbonyl (C=O) groups is 2. The summed E-state index contributed by atoms with van der Waals surface area (Å²) < 4.78 is 0. The van der Waals surface area contributed by atoms with E-state index >= 15 is 0 Å². The van der Waals surface area contributed by atoms with Crippen molar-refractivity contribution < 1.29 is 9.59 Å². The molecule has 0 aromatic carbocycles. The Kier molecular flexibility index (Phi) is 3.79. The second kappa shape index (κ2) is 5.14. The molecule has 0 spiro atoms. The van der Waals surface area contributed by atoms with E-state index in [1.165, 1.54) is 24.2 Å². The van der Waals surface area contributed by atoms with Crippen LogP contribution in [0.2, 0.25) is 0 Å². The molecule has 0 aromatic heterocycles. The number of rotatable bonds is 3. The molecule has 2 fully saturated rings. The number of nitrogens with one attached hydrogen (secondary N) is 1. The van der Waals surface area contributed by atoms with E-state index in [4.69, 9.17) is 0 Å². The van der Waals surface area contributed by atoms with Gasteiger partial charge in [0.25, 0.3) is 0 Å². The van der Waals surface area contributed by atoms with Crippen LogP contribution < -0.4 is 5.32 Å². The van der Waals surface area contributed by atoms with E-state index in [0.29, 0.717) is 12.5 Å². The van der Waals surface area contributed by atoms with Gasteiger partial charge in [-0.2, -0.15) is 0 Å². The summed E-state index contributed by atoms with van der Waals surface area (Å²) in [6, 6.07) is 0.195. The highest BCUT2D eigenvalue weighted by Crippen LogP contribution is 2.16. The van der Waals surface area contributed by atoms with Gasteiger partial charge < -0.3 is 10.2 Å². The normalized spacial score (nSPS) is 31.3. The number of imide groups is 1. The smallest absolute Gasteiger partial charge is 0.246 e. The second-order valence-electron chi connectivity index (χ2n) is 5.09. The number of likely N-dealkylation sites (tertiary alicyclic amines) is 2. The molecule has 2 aliphatic rings. The van der Waals surface area contributed by atoms with Gasteiger partial charge in [-0.15, -0.1) is 0 Å². The predicted molar refractivity (Wildman–Crippen MR) is 64.5 cm³/mol. The maximum Gasteiger partial charge on any atom is 0.246 e. The van der Waals surface area contributed by atoms with E-state index < -0.39 is 0 Å². The predicted octanol–water partition coefficient (Wildman–Crippen LogP) is -0.182. The molecule has 2 heterocycles. The Labute approximate surface area is 102 Å². The molecule has 5 heteroatoms. The van der Waals surface area contributed by atoms with Gasteiger partial charge in [0.05, 0.1) is 12.5 Å². The number of carbonyl (C=O) groups excluding carboxylic acids is 2. The summed E-state index contributed by atoms with van der Waals surface area (Å²) in [5, 5.41) is 3.24. The number of nitrogens with zero attached hydrogens (tertiary/aromatic N) is 2. The van der Waals surface area contributed by atoms with Crippen LogP contribution in [0.1, 0.15) is 25.7 Å². The van der Waals surface area contributed by atoms with Crippen molar-refractivity contribution in [2.45, 2.75) is 37.8 Å². The van der Waals surface area contributed by atoms with Crippen LogP contribution in [-0.2, 0) is 9.59 Å². The molecule has 0 radical (unpaired) electrons. The summed E-state index contributed by atoms with van der Waals surface area (Å²) in [6.45, 7) is 1.93. The number of hydrogen-bond donors (Lipinski definition) is 1. The highest BCUT2D eigenvalue weighted by atomic mass is 16.2. The van der Waals surface area contributed by atoms with Crippen molar-refractivity contribution in [3.05, 3.63) is 0 Å². The average molecular weight is 239 g/mol. The van der Waals surface area contributed by atoms with Crippen molar-refractivity contribution >= 4 is 11.8 Å². The molecule has 17 heavy (non-hydrogen) atoms. The Bertz CT molecular complexity index is 319. The van der Waals surface area contributed by atoms with Crippen molar-refractivity contribution in [1.29, 1.82) is 0 Å². The molecule has 0 aliphatic carbocycles. The maximum absolute atomic E-state index is 11.7. The third-order valence-corrected chi connectivity index (χ3v) is 3.90. The van der Waals surface area contributed by atoms with Gasteiger partial charge in [-0.25, -0.2) is 0 Å². The lowest BCUT2D eigenvalue weighted by molar-refractivity contribution is -0.137. The molecule has 96 valence electrons. The van der Waals surface area contributed by atoms with Gasteiger partial charge in [-0.1, -0.05) is 6.42 Å². The molecule has 2 unspecified atom stereocenters.